The van der Waals surface area contributed by atoms with Crippen LogP contribution in [0.2, 0.25) is 0 Å². The molecule has 228 valence electrons. The highest BCUT2D eigenvalue weighted by molar-refractivity contribution is 6.05. The van der Waals surface area contributed by atoms with Gasteiger partial charge in [0.15, 0.2) is 0 Å². The summed E-state index contributed by atoms with van der Waals surface area (Å²) >= 11 is 0. The first kappa shape index (κ1) is 31.0. The minimum Gasteiger partial charge on any atom is -0.325 e. The number of hydrogen-bond donors (Lipinski definition) is 2. The molecular weight excluding hydrogens is 528 g/mol. The first-order valence-electron chi connectivity index (χ1n) is 16.0. The molecule has 2 bridgehead atoms. The maximum absolute atomic E-state index is 13.3. The molecule has 0 spiro atoms. The van der Waals surface area contributed by atoms with Crippen molar-refractivity contribution in [2.75, 3.05) is 10.6 Å². The van der Waals surface area contributed by atoms with Gasteiger partial charge < -0.3 is 10.6 Å². The lowest BCUT2D eigenvalue weighted by Gasteiger charge is -2.38. The zero-order chi connectivity index (χ0) is 31.5. The van der Waals surface area contributed by atoms with Gasteiger partial charge in [0.1, 0.15) is 0 Å². The number of carbonyl (C=O) groups excluding carboxylic acids is 2. The fourth-order valence-electron chi connectivity index (χ4n) is 7.85. The van der Waals surface area contributed by atoms with Gasteiger partial charge in [-0.25, -0.2) is 0 Å². The third-order valence-electron chi connectivity index (χ3n) is 10.2. The maximum Gasteiger partial charge on any atom is 0.255 e. The van der Waals surface area contributed by atoms with Gasteiger partial charge in [-0.2, -0.15) is 0 Å². The molecule has 5 rings (SSSR count). The Bertz CT molecular complexity index is 1500. The van der Waals surface area contributed by atoms with Crippen LogP contribution >= 0.6 is 0 Å². The van der Waals surface area contributed by atoms with Gasteiger partial charge in [0, 0.05) is 27.8 Å². The van der Waals surface area contributed by atoms with Crippen molar-refractivity contribution < 1.29 is 9.59 Å². The van der Waals surface area contributed by atoms with Crippen LogP contribution in [0.25, 0.3) is 0 Å². The Balaban J connectivity index is 1.51. The van der Waals surface area contributed by atoms with Crippen LogP contribution < -0.4 is 10.6 Å². The summed E-state index contributed by atoms with van der Waals surface area (Å²) in [6.45, 7) is 20.9. The van der Waals surface area contributed by atoms with Crippen LogP contribution in [0.1, 0.15) is 117 Å². The molecule has 4 nitrogen and oxygen atoms in total. The number of benzene rings is 3. The van der Waals surface area contributed by atoms with Crippen LogP contribution in [0.3, 0.4) is 0 Å². The van der Waals surface area contributed by atoms with E-state index in [-0.39, 0.29) is 22.6 Å². The van der Waals surface area contributed by atoms with Gasteiger partial charge in [-0.15, -0.1) is 0 Å². The molecule has 0 heterocycles. The standard InChI is InChI=1S/C39H50N2O2/c1-23-19-31(20-24(2)33(23)40-35(42)27-11-13-28(14-12-27)37(5,6)7)39(29-15-16-30(39)18-17-29)32-21-25(3)34(26(4)22-32)41-36(43)38(8,9)10/h11-14,19-22,29-30H,15-18H2,1-10H3,(H,40,42)(H,41,43). The van der Waals surface area contributed by atoms with Gasteiger partial charge in [-0.3, -0.25) is 9.59 Å². The van der Waals surface area contributed by atoms with E-state index in [1.54, 1.807) is 0 Å². The molecule has 2 fully saturated rings. The summed E-state index contributed by atoms with van der Waals surface area (Å²) in [5.41, 5.74) is 10.4. The second-order valence-corrected chi connectivity index (χ2v) is 15.4. The first-order valence-corrected chi connectivity index (χ1v) is 16.0. The second-order valence-electron chi connectivity index (χ2n) is 15.4. The maximum atomic E-state index is 13.3. The molecule has 0 unspecified atom stereocenters. The Morgan fingerprint density at radius 2 is 1.05 bits per heavy atom. The summed E-state index contributed by atoms with van der Waals surface area (Å²) in [6, 6.07) is 17.3. The first-order chi connectivity index (χ1) is 20.0. The van der Waals surface area contributed by atoms with E-state index >= 15 is 0 Å². The van der Waals surface area contributed by atoms with Crippen molar-refractivity contribution in [3.8, 4) is 0 Å². The average Bonchev–Trinajstić information content (AvgIpc) is 3.47. The number of carbonyl (C=O) groups is 2. The van der Waals surface area contributed by atoms with Crippen LogP contribution in [-0.4, -0.2) is 11.8 Å². The zero-order valence-corrected chi connectivity index (χ0v) is 27.9. The highest BCUT2D eigenvalue weighted by Crippen LogP contribution is 2.63. The summed E-state index contributed by atoms with van der Waals surface area (Å²) < 4.78 is 0. The smallest absolute Gasteiger partial charge is 0.255 e. The summed E-state index contributed by atoms with van der Waals surface area (Å²) in [4.78, 5) is 26.2. The second kappa shape index (κ2) is 10.9. The number of fused-ring (bicyclic) bond motifs is 2. The van der Waals surface area contributed by atoms with Crippen molar-refractivity contribution in [2.45, 2.75) is 106 Å². The number of nitrogens with one attached hydrogen (secondary N) is 2. The third kappa shape index (κ3) is 5.54. The molecule has 2 aliphatic carbocycles. The van der Waals surface area contributed by atoms with Crippen molar-refractivity contribution in [3.05, 3.63) is 93.0 Å². The van der Waals surface area contributed by atoms with Crippen LogP contribution in [0.4, 0.5) is 11.4 Å². The van der Waals surface area contributed by atoms with Crippen molar-refractivity contribution >= 4 is 23.2 Å². The third-order valence-corrected chi connectivity index (χ3v) is 10.2. The number of amides is 2. The lowest BCUT2D eigenvalue weighted by Crippen LogP contribution is -2.34. The highest BCUT2D eigenvalue weighted by atomic mass is 16.2. The van der Waals surface area contributed by atoms with E-state index in [1.807, 2.05) is 32.9 Å². The van der Waals surface area contributed by atoms with Gasteiger partial charge in [0.05, 0.1) is 0 Å². The highest BCUT2D eigenvalue weighted by Gasteiger charge is 2.56. The lowest BCUT2D eigenvalue weighted by atomic mass is 9.65. The molecule has 0 saturated heterocycles. The van der Waals surface area contributed by atoms with Crippen molar-refractivity contribution in [1.82, 2.24) is 0 Å². The zero-order valence-electron chi connectivity index (χ0n) is 27.9. The predicted octanol–water partition coefficient (Wildman–Crippen LogP) is 9.56. The van der Waals surface area contributed by atoms with Crippen molar-refractivity contribution in [3.63, 3.8) is 0 Å². The van der Waals surface area contributed by atoms with Gasteiger partial charge >= 0.3 is 0 Å². The number of hydrogen-bond acceptors (Lipinski definition) is 2. The molecular formula is C39H50N2O2. The van der Waals surface area contributed by atoms with E-state index in [4.69, 9.17) is 0 Å². The van der Waals surface area contributed by atoms with Crippen molar-refractivity contribution in [1.29, 1.82) is 0 Å². The van der Waals surface area contributed by atoms with E-state index in [0.29, 0.717) is 17.4 Å². The summed E-state index contributed by atoms with van der Waals surface area (Å²) in [5, 5.41) is 6.45. The van der Waals surface area contributed by atoms with Gasteiger partial charge in [-0.1, -0.05) is 77.9 Å². The number of aryl methyl sites for hydroxylation is 4. The fourth-order valence-corrected chi connectivity index (χ4v) is 7.85. The van der Waals surface area contributed by atoms with Gasteiger partial charge in [0.2, 0.25) is 5.91 Å². The molecule has 0 aliphatic heterocycles. The molecule has 0 aromatic heterocycles. The largest absolute Gasteiger partial charge is 0.325 e. The minimum absolute atomic E-state index is 0.0381. The Kier molecular flexibility index (Phi) is 7.90. The van der Waals surface area contributed by atoms with E-state index in [9.17, 15) is 9.59 Å². The summed E-state index contributed by atoms with van der Waals surface area (Å²) in [7, 11) is 0. The van der Waals surface area contributed by atoms with Crippen LogP contribution in [0, 0.1) is 44.9 Å². The predicted molar refractivity (Wildman–Crippen MR) is 179 cm³/mol. The number of anilines is 2. The van der Waals surface area contributed by atoms with Crippen LogP contribution in [-0.2, 0) is 15.6 Å². The molecule has 2 N–H and O–H groups in total. The Morgan fingerprint density at radius 1 is 0.651 bits per heavy atom. The molecule has 2 amide bonds. The Labute approximate surface area is 259 Å². The minimum atomic E-state index is -0.453. The molecule has 0 atom stereocenters. The number of rotatable bonds is 5. The average molecular weight is 579 g/mol. The van der Waals surface area contributed by atoms with E-state index < -0.39 is 5.41 Å². The fraction of sp³-hybridized carbons (Fsp3) is 0.487. The van der Waals surface area contributed by atoms with E-state index in [1.165, 1.54) is 42.4 Å². The molecule has 3 aromatic rings. The van der Waals surface area contributed by atoms with E-state index in [2.05, 4.69) is 95.5 Å². The van der Waals surface area contributed by atoms with Gasteiger partial charge in [-0.05, 0) is 122 Å². The molecule has 2 aliphatic rings. The molecule has 2 saturated carbocycles. The molecule has 0 radical (unpaired) electrons. The van der Waals surface area contributed by atoms with Gasteiger partial charge in [0.25, 0.3) is 5.91 Å². The Morgan fingerprint density at radius 3 is 1.42 bits per heavy atom. The SMILES string of the molecule is Cc1cc(C2(c3cc(C)c(NC(=O)C(C)(C)C)c(C)c3)C3CCC2CC3)cc(C)c1NC(=O)c1ccc(C(C)(C)C)cc1. The van der Waals surface area contributed by atoms with Crippen LogP contribution in [0.5, 0.6) is 0 Å². The van der Waals surface area contributed by atoms with E-state index in [0.717, 1.165) is 33.6 Å². The summed E-state index contributed by atoms with van der Waals surface area (Å²) in [5.74, 6) is 1.14. The Hall–Kier alpha value is -3.40. The molecule has 3 aromatic carbocycles. The lowest BCUT2D eigenvalue weighted by molar-refractivity contribution is -0.123. The normalized spacial score (nSPS) is 21.6. The summed E-state index contributed by atoms with van der Waals surface area (Å²) in [6.07, 6.45) is 4.97. The topological polar surface area (TPSA) is 58.2 Å². The molecule has 43 heavy (non-hydrogen) atoms. The molecule has 4 heteroatoms. The quantitative estimate of drug-likeness (QED) is 0.317. The van der Waals surface area contributed by atoms with Crippen LogP contribution in [0.15, 0.2) is 48.5 Å². The van der Waals surface area contributed by atoms with Crippen molar-refractivity contribution in [2.24, 2.45) is 17.3 Å². The monoisotopic (exact) mass is 578 g/mol.